The summed E-state index contributed by atoms with van der Waals surface area (Å²) in [4.78, 5) is 27.9. The normalized spacial score (nSPS) is 15.4. The Hall–Kier alpha value is -3.94. The molecule has 0 bridgehead atoms. The van der Waals surface area contributed by atoms with Gasteiger partial charge in [0.25, 0.3) is 5.91 Å². The van der Waals surface area contributed by atoms with Crippen molar-refractivity contribution in [3.63, 3.8) is 0 Å². The zero-order chi connectivity index (χ0) is 23.5. The number of phenolic OH excluding ortho intramolecular Hbond substituents is 1. The van der Waals surface area contributed by atoms with Crippen LogP contribution in [0.2, 0.25) is 0 Å². The van der Waals surface area contributed by atoms with Crippen LogP contribution in [0.25, 0.3) is 10.8 Å². The predicted octanol–water partition coefficient (Wildman–Crippen LogP) is 3.81. The van der Waals surface area contributed by atoms with Gasteiger partial charge in [0.05, 0.1) is 26.9 Å². The van der Waals surface area contributed by atoms with Gasteiger partial charge < -0.3 is 29.5 Å². The maximum Gasteiger partial charge on any atom is 0.258 e. The van der Waals surface area contributed by atoms with E-state index in [0.29, 0.717) is 47.7 Å². The number of carbonyl (C=O) groups excluding carboxylic acids is 2. The summed E-state index contributed by atoms with van der Waals surface area (Å²) >= 11 is 0. The third kappa shape index (κ3) is 4.11. The minimum atomic E-state index is -0.664. The Labute approximate surface area is 191 Å². The number of hydrogen-bond acceptors (Lipinski definition) is 6. The second-order valence-electron chi connectivity index (χ2n) is 7.74. The minimum absolute atomic E-state index is 0.0752. The van der Waals surface area contributed by atoms with Crippen molar-refractivity contribution in [2.45, 2.75) is 18.9 Å². The van der Waals surface area contributed by atoms with E-state index in [1.54, 1.807) is 36.4 Å². The number of hydrogen-bond donors (Lipinski definition) is 2. The molecule has 1 unspecified atom stereocenters. The maximum absolute atomic E-state index is 13.3. The molecule has 0 aliphatic carbocycles. The van der Waals surface area contributed by atoms with Crippen LogP contribution in [0.1, 0.15) is 23.2 Å². The number of methoxy groups -OCH3 is 3. The highest BCUT2D eigenvalue weighted by atomic mass is 16.5. The first-order chi connectivity index (χ1) is 16.0. The molecular formula is C25H26N2O6. The molecule has 1 heterocycles. The number of rotatable bonds is 6. The SMILES string of the molecule is COc1cc(NC(=O)C2CCCN2C(=O)c2ccc3ccccc3c2O)cc(OC)c1OC. The lowest BCUT2D eigenvalue weighted by atomic mass is 10.0. The molecule has 1 aliphatic heterocycles. The number of benzene rings is 3. The van der Waals surface area contributed by atoms with Gasteiger partial charge in [0.2, 0.25) is 11.7 Å². The lowest BCUT2D eigenvalue weighted by molar-refractivity contribution is -0.119. The monoisotopic (exact) mass is 450 g/mol. The van der Waals surface area contributed by atoms with Crippen molar-refractivity contribution < 1.29 is 28.9 Å². The van der Waals surface area contributed by atoms with Crippen LogP contribution >= 0.6 is 0 Å². The highest BCUT2D eigenvalue weighted by Crippen LogP contribution is 2.40. The Balaban J connectivity index is 1.58. The first-order valence-corrected chi connectivity index (χ1v) is 10.6. The van der Waals surface area contributed by atoms with Crippen molar-refractivity contribution in [2.75, 3.05) is 33.2 Å². The third-order valence-electron chi connectivity index (χ3n) is 5.88. The second-order valence-corrected chi connectivity index (χ2v) is 7.74. The van der Waals surface area contributed by atoms with E-state index in [2.05, 4.69) is 5.32 Å². The van der Waals surface area contributed by atoms with Crippen LogP contribution < -0.4 is 19.5 Å². The van der Waals surface area contributed by atoms with Gasteiger partial charge in [0.15, 0.2) is 11.5 Å². The topological polar surface area (TPSA) is 97.3 Å². The molecule has 2 N–H and O–H groups in total. The highest BCUT2D eigenvalue weighted by Gasteiger charge is 2.36. The zero-order valence-corrected chi connectivity index (χ0v) is 18.8. The van der Waals surface area contributed by atoms with E-state index in [-0.39, 0.29) is 23.1 Å². The molecule has 1 saturated heterocycles. The predicted molar refractivity (Wildman–Crippen MR) is 124 cm³/mol. The lowest BCUT2D eigenvalue weighted by Crippen LogP contribution is -2.43. The van der Waals surface area contributed by atoms with Crippen molar-refractivity contribution in [3.8, 4) is 23.0 Å². The molecule has 33 heavy (non-hydrogen) atoms. The highest BCUT2D eigenvalue weighted by molar-refractivity contribution is 6.06. The van der Waals surface area contributed by atoms with Gasteiger partial charge in [-0.3, -0.25) is 9.59 Å². The second kappa shape index (κ2) is 9.28. The fourth-order valence-corrected chi connectivity index (χ4v) is 4.24. The van der Waals surface area contributed by atoms with E-state index >= 15 is 0 Å². The summed E-state index contributed by atoms with van der Waals surface area (Å²) < 4.78 is 16.0. The molecule has 3 aromatic rings. The number of carbonyl (C=O) groups is 2. The summed E-state index contributed by atoms with van der Waals surface area (Å²) in [6.45, 7) is 0.429. The fraction of sp³-hybridized carbons (Fsp3) is 0.280. The number of nitrogens with one attached hydrogen (secondary N) is 1. The van der Waals surface area contributed by atoms with Gasteiger partial charge in [-0.15, -0.1) is 0 Å². The third-order valence-corrected chi connectivity index (χ3v) is 5.88. The lowest BCUT2D eigenvalue weighted by Gasteiger charge is -2.25. The van der Waals surface area contributed by atoms with Crippen LogP contribution in [-0.2, 0) is 4.79 Å². The Morgan fingerprint density at radius 3 is 2.36 bits per heavy atom. The molecule has 1 atom stereocenters. The molecule has 1 aliphatic rings. The Bertz CT molecular complexity index is 1180. The summed E-state index contributed by atoms with van der Waals surface area (Å²) in [5.41, 5.74) is 0.642. The standard InChI is InChI=1S/C25H26N2O6/c1-31-20-13-16(14-21(32-2)23(20)33-3)26-24(29)19-9-6-12-27(19)25(30)18-11-10-15-7-4-5-8-17(15)22(18)28/h4-5,7-8,10-11,13-14,19,28H,6,9,12H2,1-3H3,(H,26,29). The molecule has 0 aromatic heterocycles. The summed E-state index contributed by atoms with van der Waals surface area (Å²) in [6, 6.07) is 13.3. The molecule has 8 nitrogen and oxygen atoms in total. The van der Waals surface area contributed by atoms with Gasteiger partial charge in [0, 0.05) is 29.8 Å². The summed E-state index contributed by atoms with van der Waals surface area (Å²) in [6.07, 6.45) is 1.21. The first-order valence-electron chi connectivity index (χ1n) is 10.6. The number of likely N-dealkylation sites (tertiary alicyclic amines) is 1. The molecule has 3 aromatic carbocycles. The first kappa shape index (κ1) is 22.3. The molecule has 1 fully saturated rings. The van der Waals surface area contributed by atoms with Crippen LogP contribution in [0.15, 0.2) is 48.5 Å². The summed E-state index contributed by atoms with van der Waals surface area (Å²) in [5, 5.41) is 15.0. The number of ether oxygens (including phenoxy) is 3. The smallest absolute Gasteiger partial charge is 0.258 e. The van der Waals surface area contributed by atoms with Gasteiger partial charge >= 0.3 is 0 Å². The van der Waals surface area contributed by atoms with E-state index < -0.39 is 6.04 Å². The van der Waals surface area contributed by atoms with Gasteiger partial charge in [0.1, 0.15) is 11.8 Å². The van der Waals surface area contributed by atoms with E-state index in [9.17, 15) is 14.7 Å². The average Bonchev–Trinajstić information content (AvgIpc) is 3.33. The van der Waals surface area contributed by atoms with Gasteiger partial charge in [-0.1, -0.05) is 30.3 Å². The van der Waals surface area contributed by atoms with Crippen LogP contribution in [0, 0.1) is 0 Å². The van der Waals surface area contributed by atoms with Gasteiger partial charge in [-0.05, 0) is 24.3 Å². The van der Waals surface area contributed by atoms with Crippen LogP contribution in [0.3, 0.4) is 0 Å². The number of fused-ring (bicyclic) bond motifs is 1. The number of amides is 2. The van der Waals surface area contributed by atoms with Crippen molar-refractivity contribution in [2.24, 2.45) is 0 Å². The van der Waals surface area contributed by atoms with Crippen molar-refractivity contribution in [1.82, 2.24) is 4.90 Å². The molecule has 0 radical (unpaired) electrons. The number of aromatic hydroxyl groups is 1. The van der Waals surface area contributed by atoms with Crippen molar-refractivity contribution in [3.05, 3.63) is 54.1 Å². The summed E-state index contributed by atoms with van der Waals surface area (Å²) in [5.74, 6) is 0.465. The van der Waals surface area contributed by atoms with E-state index in [4.69, 9.17) is 14.2 Å². The Morgan fingerprint density at radius 2 is 1.70 bits per heavy atom. The van der Waals surface area contributed by atoms with E-state index in [1.165, 1.54) is 26.2 Å². The molecule has 4 rings (SSSR count). The van der Waals surface area contributed by atoms with Crippen molar-refractivity contribution >= 4 is 28.3 Å². The van der Waals surface area contributed by atoms with Gasteiger partial charge in [-0.2, -0.15) is 0 Å². The average molecular weight is 450 g/mol. The molecular weight excluding hydrogens is 424 g/mol. The largest absolute Gasteiger partial charge is 0.506 e. The maximum atomic E-state index is 13.3. The fourth-order valence-electron chi connectivity index (χ4n) is 4.24. The zero-order valence-electron chi connectivity index (χ0n) is 18.8. The molecule has 172 valence electrons. The van der Waals surface area contributed by atoms with Gasteiger partial charge in [-0.25, -0.2) is 0 Å². The number of phenols is 1. The number of nitrogens with zero attached hydrogens (tertiary/aromatic N) is 1. The van der Waals surface area contributed by atoms with Crippen LogP contribution in [-0.4, -0.2) is 55.7 Å². The summed E-state index contributed by atoms with van der Waals surface area (Å²) in [7, 11) is 4.50. The molecule has 0 saturated carbocycles. The van der Waals surface area contributed by atoms with Crippen molar-refractivity contribution in [1.29, 1.82) is 0 Å². The molecule has 8 heteroatoms. The quantitative estimate of drug-likeness (QED) is 0.593. The van der Waals surface area contributed by atoms with E-state index in [0.717, 1.165) is 5.39 Å². The number of anilines is 1. The Morgan fingerprint density at radius 1 is 1.00 bits per heavy atom. The minimum Gasteiger partial charge on any atom is -0.506 e. The molecule has 2 amide bonds. The van der Waals surface area contributed by atoms with Crippen LogP contribution in [0.5, 0.6) is 23.0 Å². The Kier molecular flexibility index (Phi) is 6.26. The van der Waals surface area contributed by atoms with E-state index in [1.807, 2.05) is 12.1 Å². The molecule has 0 spiro atoms. The van der Waals surface area contributed by atoms with Crippen LogP contribution in [0.4, 0.5) is 5.69 Å².